The summed E-state index contributed by atoms with van der Waals surface area (Å²) in [5.74, 6) is 1.22. The Balaban J connectivity index is 2.76. The quantitative estimate of drug-likeness (QED) is 0.569. The van der Waals surface area contributed by atoms with Gasteiger partial charge in [-0.1, -0.05) is 13.8 Å². The first-order valence-corrected chi connectivity index (χ1v) is 4.13. The van der Waals surface area contributed by atoms with Crippen molar-refractivity contribution in [3.05, 3.63) is 0 Å². The van der Waals surface area contributed by atoms with Gasteiger partial charge in [0, 0.05) is 0 Å². The molecular weight excluding hydrogens is 136 g/mol. The largest absolute Gasteiger partial charge is 0.291 e. The highest BCUT2D eigenvalue weighted by Gasteiger charge is 2.51. The molecule has 3 unspecified atom stereocenters. The molecule has 0 amide bonds. The van der Waals surface area contributed by atoms with Crippen molar-refractivity contribution in [3.8, 4) is 6.07 Å². The molecule has 1 fully saturated rings. The summed E-state index contributed by atoms with van der Waals surface area (Å²) in [5, 5.41) is 9.00. The molecule has 0 aromatic heterocycles. The van der Waals surface area contributed by atoms with E-state index in [1.807, 2.05) is 14.1 Å². The standard InChI is InChI=1S/C9H16N2/c1-7-5-9(6-10,8(7)2)11(3)4/h7-8H,5H2,1-4H3. The van der Waals surface area contributed by atoms with Crippen molar-refractivity contribution in [1.82, 2.24) is 4.90 Å². The maximum atomic E-state index is 9.00. The van der Waals surface area contributed by atoms with Crippen LogP contribution in [-0.2, 0) is 0 Å². The van der Waals surface area contributed by atoms with E-state index in [4.69, 9.17) is 5.26 Å². The normalized spacial score (nSPS) is 43.3. The van der Waals surface area contributed by atoms with Gasteiger partial charge in [0.2, 0.25) is 0 Å². The molecule has 0 radical (unpaired) electrons. The van der Waals surface area contributed by atoms with Gasteiger partial charge in [0.05, 0.1) is 6.07 Å². The molecule has 1 aliphatic carbocycles. The predicted molar refractivity (Wildman–Crippen MR) is 45.0 cm³/mol. The Morgan fingerprint density at radius 1 is 1.45 bits per heavy atom. The monoisotopic (exact) mass is 152 g/mol. The van der Waals surface area contributed by atoms with E-state index in [2.05, 4.69) is 24.8 Å². The number of nitriles is 1. The van der Waals surface area contributed by atoms with Crippen LogP contribution in [0.5, 0.6) is 0 Å². The Morgan fingerprint density at radius 3 is 2.09 bits per heavy atom. The fraction of sp³-hybridized carbons (Fsp3) is 0.889. The van der Waals surface area contributed by atoms with Crippen molar-refractivity contribution in [3.63, 3.8) is 0 Å². The van der Waals surface area contributed by atoms with E-state index in [-0.39, 0.29) is 5.54 Å². The lowest BCUT2D eigenvalue weighted by Crippen LogP contribution is -2.59. The SMILES string of the molecule is CC1CC(C#N)(N(C)C)C1C. The summed E-state index contributed by atoms with van der Waals surface area (Å²) in [5.41, 5.74) is -0.167. The van der Waals surface area contributed by atoms with Gasteiger partial charge in [-0.15, -0.1) is 0 Å². The van der Waals surface area contributed by atoms with Crippen molar-refractivity contribution in [1.29, 1.82) is 5.26 Å². The van der Waals surface area contributed by atoms with E-state index in [1.165, 1.54) is 0 Å². The van der Waals surface area contributed by atoms with Gasteiger partial charge < -0.3 is 0 Å². The summed E-state index contributed by atoms with van der Waals surface area (Å²) in [4.78, 5) is 2.05. The Bertz CT molecular complexity index is 192. The number of nitrogens with zero attached hydrogens (tertiary/aromatic N) is 2. The topological polar surface area (TPSA) is 27.0 Å². The summed E-state index contributed by atoms with van der Waals surface area (Å²) < 4.78 is 0. The fourth-order valence-corrected chi connectivity index (χ4v) is 2.00. The minimum Gasteiger partial charge on any atom is -0.291 e. The van der Waals surface area contributed by atoms with Crippen LogP contribution in [0, 0.1) is 23.2 Å². The van der Waals surface area contributed by atoms with Crippen LogP contribution < -0.4 is 0 Å². The second-order valence-corrected chi connectivity index (χ2v) is 3.90. The van der Waals surface area contributed by atoms with E-state index >= 15 is 0 Å². The molecule has 0 aromatic carbocycles. The average Bonchev–Trinajstić information content (AvgIpc) is 1.98. The molecule has 11 heavy (non-hydrogen) atoms. The van der Waals surface area contributed by atoms with Gasteiger partial charge in [-0.05, 0) is 32.4 Å². The number of rotatable bonds is 1. The first-order valence-electron chi connectivity index (χ1n) is 4.13. The molecule has 0 bridgehead atoms. The zero-order valence-electron chi connectivity index (χ0n) is 7.76. The van der Waals surface area contributed by atoms with E-state index in [0.29, 0.717) is 11.8 Å². The summed E-state index contributed by atoms with van der Waals surface area (Å²) in [6.45, 7) is 4.38. The van der Waals surface area contributed by atoms with Gasteiger partial charge in [-0.3, -0.25) is 4.90 Å². The molecule has 3 atom stereocenters. The van der Waals surface area contributed by atoms with Crippen LogP contribution in [-0.4, -0.2) is 24.5 Å². The molecule has 2 heteroatoms. The molecule has 1 aliphatic rings. The zero-order chi connectivity index (χ0) is 8.65. The van der Waals surface area contributed by atoms with Crippen LogP contribution >= 0.6 is 0 Å². The van der Waals surface area contributed by atoms with Crippen LogP contribution in [0.3, 0.4) is 0 Å². The number of hydrogen-bond donors (Lipinski definition) is 0. The summed E-state index contributed by atoms with van der Waals surface area (Å²) in [6.07, 6.45) is 1.03. The minimum absolute atomic E-state index is 0.167. The molecule has 0 saturated heterocycles. The van der Waals surface area contributed by atoms with Crippen LogP contribution in [0.15, 0.2) is 0 Å². The third kappa shape index (κ3) is 0.954. The van der Waals surface area contributed by atoms with Gasteiger partial charge in [-0.2, -0.15) is 5.26 Å². The third-order valence-electron chi connectivity index (χ3n) is 3.23. The van der Waals surface area contributed by atoms with E-state index in [9.17, 15) is 0 Å². The Kier molecular flexibility index (Phi) is 1.94. The van der Waals surface area contributed by atoms with Gasteiger partial charge in [0.25, 0.3) is 0 Å². The van der Waals surface area contributed by atoms with Gasteiger partial charge in [0.1, 0.15) is 5.54 Å². The highest BCUT2D eigenvalue weighted by molar-refractivity contribution is 5.18. The molecule has 0 heterocycles. The van der Waals surface area contributed by atoms with Gasteiger partial charge in [0.15, 0.2) is 0 Å². The molecule has 0 aliphatic heterocycles. The molecule has 0 N–H and O–H groups in total. The highest BCUT2D eigenvalue weighted by atomic mass is 15.2. The van der Waals surface area contributed by atoms with Crippen LogP contribution in [0.1, 0.15) is 20.3 Å². The van der Waals surface area contributed by atoms with Crippen molar-refractivity contribution in [2.75, 3.05) is 14.1 Å². The second-order valence-electron chi connectivity index (χ2n) is 3.90. The highest BCUT2D eigenvalue weighted by Crippen LogP contribution is 2.45. The molecule has 0 spiro atoms. The minimum atomic E-state index is -0.167. The van der Waals surface area contributed by atoms with Gasteiger partial charge >= 0.3 is 0 Å². The second kappa shape index (κ2) is 2.49. The first-order chi connectivity index (χ1) is 5.04. The average molecular weight is 152 g/mol. The molecule has 1 rings (SSSR count). The maximum absolute atomic E-state index is 9.00. The molecule has 0 aromatic rings. The van der Waals surface area contributed by atoms with Crippen molar-refractivity contribution >= 4 is 0 Å². The molecule has 1 saturated carbocycles. The zero-order valence-corrected chi connectivity index (χ0v) is 7.76. The lowest BCUT2D eigenvalue weighted by Gasteiger charge is -2.51. The molecular formula is C9H16N2. The molecule has 2 nitrogen and oxygen atoms in total. The summed E-state index contributed by atoms with van der Waals surface area (Å²) >= 11 is 0. The Labute approximate surface area is 68.8 Å². The first kappa shape index (κ1) is 8.55. The van der Waals surface area contributed by atoms with Gasteiger partial charge in [-0.25, -0.2) is 0 Å². The molecule has 62 valence electrons. The van der Waals surface area contributed by atoms with Crippen LogP contribution in [0.2, 0.25) is 0 Å². The maximum Gasteiger partial charge on any atom is 0.111 e. The Hall–Kier alpha value is -0.550. The smallest absolute Gasteiger partial charge is 0.111 e. The van der Waals surface area contributed by atoms with E-state index in [0.717, 1.165) is 6.42 Å². The fourth-order valence-electron chi connectivity index (χ4n) is 2.00. The third-order valence-corrected chi connectivity index (χ3v) is 3.23. The Morgan fingerprint density at radius 2 is 2.00 bits per heavy atom. The van der Waals surface area contributed by atoms with Crippen LogP contribution in [0.4, 0.5) is 0 Å². The summed E-state index contributed by atoms with van der Waals surface area (Å²) in [7, 11) is 3.98. The lowest BCUT2D eigenvalue weighted by molar-refractivity contribution is -0.00460. The van der Waals surface area contributed by atoms with Crippen molar-refractivity contribution in [2.45, 2.75) is 25.8 Å². The van der Waals surface area contributed by atoms with Crippen molar-refractivity contribution in [2.24, 2.45) is 11.8 Å². The van der Waals surface area contributed by atoms with E-state index < -0.39 is 0 Å². The van der Waals surface area contributed by atoms with E-state index in [1.54, 1.807) is 0 Å². The predicted octanol–water partition coefficient (Wildman–Crippen LogP) is 1.49. The van der Waals surface area contributed by atoms with Crippen molar-refractivity contribution < 1.29 is 0 Å². The van der Waals surface area contributed by atoms with Crippen LogP contribution in [0.25, 0.3) is 0 Å². The lowest BCUT2D eigenvalue weighted by atomic mass is 9.60. The number of hydrogen-bond acceptors (Lipinski definition) is 2. The summed E-state index contributed by atoms with van der Waals surface area (Å²) in [6, 6.07) is 2.42.